The topological polar surface area (TPSA) is 64.3 Å². The molecular formula is C20H29NO5. The van der Waals surface area contributed by atoms with Crippen LogP contribution in [0.1, 0.15) is 25.2 Å². The molecule has 0 aliphatic heterocycles. The molecule has 2 aromatic rings. The summed E-state index contributed by atoms with van der Waals surface area (Å²) in [6, 6.07) is 9.62. The lowest BCUT2D eigenvalue weighted by Gasteiger charge is -2.25. The number of nitrogens with zero attached hydrogens (tertiary/aromatic N) is 1. The molecule has 1 heterocycles. The van der Waals surface area contributed by atoms with Gasteiger partial charge >= 0.3 is 0 Å². The molecule has 1 N–H and O–H groups in total. The standard InChI is InChI=1S/C20H29NO5/c1-15(2)26-14-17(22)12-21(13-18-6-5-9-25-18)11-16-7-8-19(23-3)20(10-16)24-4/h5-10,15,17,22H,11-14H2,1-4H3. The summed E-state index contributed by atoms with van der Waals surface area (Å²) in [5.41, 5.74) is 1.06. The Labute approximate surface area is 155 Å². The van der Waals surface area contributed by atoms with Crippen LogP contribution in [0, 0.1) is 0 Å². The van der Waals surface area contributed by atoms with Crippen LogP contribution in [0.2, 0.25) is 0 Å². The third-order valence-electron chi connectivity index (χ3n) is 3.90. The van der Waals surface area contributed by atoms with Gasteiger partial charge in [0.2, 0.25) is 0 Å². The molecule has 0 aliphatic carbocycles. The highest BCUT2D eigenvalue weighted by atomic mass is 16.5. The Morgan fingerprint density at radius 1 is 1.08 bits per heavy atom. The highest BCUT2D eigenvalue weighted by Crippen LogP contribution is 2.28. The molecule has 26 heavy (non-hydrogen) atoms. The van der Waals surface area contributed by atoms with Crippen LogP contribution >= 0.6 is 0 Å². The first kappa shape index (κ1) is 20.3. The fraction of sp³-hybridized carbons (Fsp3) is 0.500. The average Bonchev–Trinajstić information content (AvgIpc) is 3.12. The molecule has 0 fully saturated rings. The minimum absolute atomic E-state index is 0.0917. The van der Waals surface area contributed by atoms with Crippen molar-refractivity contribution in [3.63, 3.8) is 0 Å². The summed E-state index contributed by atoms with van der Waals surface area (Å²) < 4.78 is 21.7. The minimum atomic E-state index is -0.576. The molecule has 0 radical (unpaired) electrons. The van der Waals surface area contributed by atoms with Crippen molar-refractivity contribution in [2.45, 2.75) is 39.1 Å². The van der Waals surface area contributed by atoms with E-state index < -0.39 is 6.10 Å². The van der Waals surface area contributed by atoms with Gasteiger partial charge in [0.05, 0.1) is 45.8 Å². The van der Waals surface area contributed by atoms with E-state index >= 15 is 0 Å². The normalized spacial score (nSPS) is 12.6. The number of benzene rings is 1. The van der Waals surface area contributed by atoms with Gasteiger partial charge in [-0.3, -0.25) is 4.90 Å². The number of ether oxygens (including phenoxy) is 3. The second-order valence-corrected chi connectivity index (χ2v) is 6.47. The van der Waals surface area contributed by atoms with E-state index in [1.165, 1.54) is 0 Å². The lowest BCUT2D eigenvalue weighted by molar-refractivity contribution is -0.0114. The molecule has 1 unspecified atom stereocenters. The van der Waals surface area contributed by atoms with Gasteiger partial charge in [-0.25, -0.2) is 0 Å². The van der Waals surface area contributed by atoms with E-state index in [2.05, 4.69) is 4.90 Å². The van der Waals surface area contributed by atoms with Crippen LogP contribution in [-0.4, -0.2) is 49.6 Å². The Hall–Kier alpha value is -2.02. The number of aliphatic hydroxyl groups is 1. The zero-order valence-corrected chi connectivity index (χ0v) is 16.0. The van der Waals surface area contributed by atoms with Crippen molar-refractivity contribution < 1.29 is 23.7 Å². The molecule has 0 aliphatic rings. The zero-order chi connectivity index (χ0) is 18.9. The Morgan fingerprint density at radius 3 is 2.46 bits per heavy atom. The lowest BCUT2D eigenvalue weighted by Crippen LogP contribution is -2.34. The highest BCUT2D eigenvalue weighted by Gasteiger charge is 2.16. The molecule has 6 heteroatoms. The first-order chi connectivity index (χ1) is 12.5. The molecule has 0 saturated carbocycles. The van der Waals surface area contributed by atoms with E-state index in [9.17, 15) is 5.11 Å². The predicted molar refractivity (Wildman–Crippen MR) is 99.5 cm³/mol. The number of rotatable bonds is 11. The molecule has 0 bridgehead atoms. The van der Waals surface area contributed by atoms with Crippen molar-refractivity contribution in [1.29, 1.82) is 0 Å². The summed E-state index contributed by atoms with van der Waals surface area (Å²) in [5, 5.41) is 10.3. The first-order valence-corrected chi connectivity index (χ1v) is 8.77. The SMILES string of the molecule is COc1ccc(CN(Cc2ccco2)CC(O)COC(C)C)cc1OC. The van der Waals surface area contributed by atoms with Crippen LogP contribution < -0.4 is 9.47 Å². The average molecular weight is 363 g/mol. The van der Waals surface area contributed by atoms with E-state index in [0.717, 1.165) is 11.3 Å². The second kappa shape index (κ2) is 10.2. The number of hydrogen-bond acceptors (Lipinski definition) is 6. The van der Waals surface area contributed by atoms with Gasteiger partial charge in [-0.1, -0.05) is 6.07 Å². The predicted octanol–water partition coefficient (Wildman–Crippen LogP) is 3.08. The van der Waals surface area contributed by atoms with Crippen molar-refractivity contribution >= 4 is 0 Å². The maximum absolute atomic E-state index is 10.3. The van der Waals surface area contributed by atoms with E-state index in [4.69, 9.17) is 18.6 Å². The molecule has 1 aromatic heterocycles. The molecular weight excluding hydrogens is 334 g/mol. The fourth-order valence-electron chi connectivity index (χ4n) is 2.70. The summed E-state index contributed by atoms with van der Waals surface area (Å²) in [6.07, 6.45) is 1.17. The van der Waals surface area contributed by atoms with Gasteiger partial charge in [-0.05, 0) is 43.7 Å². The van der Waals surface area contributed by atoms with Crippen LogP contribution in [0.4, 0.5) is 0 Å². The number of hydrogen-bond donors (Lipinski definition) is 1. The third kappa shape index (κ3) is 6.37. The van der Waals surface area contributed by atoms with Crippen molar-refractivity contribution in [2.75, 3.05) is 27.4 Å². The Bertz CT molecular complexity index is 642. The smallest absolute Gasteiger partial charge is 0.161 e. The van der Waals surface area contributed by atoms with Gasteiger partial charge in [0.1, 0.15) is 5.76 Å². The summed E-state index contributed by atoms with van der Waals surface area (Å²) in [7, 11) is 3.24. The van der Waals surface area contributed by atoms with Crippen LogP contribution in [0.25, 0.3) is 0 Å². The van der Waals surface area contributed by atoms with Gasteiger partial charge in [-0.15, -0.1) is 0 Å². The van der Waals surface area contributed by atoms with Crippen LogP contribution in [0.5, 0.6) is 11.5 Å². The van der Waals surface area contributed by atoms with Gasteiger partial charge < -0.3 is 23.7 Å². The fourth-order valence-corrected chi connectivity index (χ4v) is 2.70. The first-order valence-electron chi connectivity index (χ1n) is 8.77. The minimum Gasteiger partial charge on any atom is -0.493 e. The Morgan fingerprint density at radius 2 is 1.85 bits per heavy atom. The van der Waals surface area contributed by atoms with Gasteiger partial charge in [0.25, 0.3) is 0 Å². The quantitative estimate of drug-likeness (QED) is 0.662. The monoisotopic (exact) mass is 363 g/mol. The largest absolute Gasteiger partial charge is 0.493 e. The molecule has 0 spiro atoms. The lowest BCUT2D eigenvalue weighted by atomic mass is 10.1. The Kier molecular flexibility index (Phi) is 7.97. The van der Waals surface area contributed by atoms with E-state index in [1.54, 1.807) is 20.5 Å². The van der Waals surface area contributed by atoms with E-state index in [0.29, 0.717) is 37.7 Å². The second-order valence-electron chi connectivity index (χ2n) is 6.47. The molecule has 1 atom stereocenters. The van der Waals surface area contributed by atoms with Gasteiger partial charge in [-0.2, -0.15) is 0 Å². The Balaban J connectivity index is 2.07. The third-order valence-corrected chi connectivity index (χ3v) is 3.90. The summed E-state index contributed by atoms with van der Waals surface area (Å²) >= 11 is 0. The molecule has 6 nitrogen and oxygen atoms in total. The molecule has 0 amide bonds. The maximum atomic E-state index is 10.3. The van der Waals surface area contributed by atoms with Crippen molar-refractivity contribution in [3.05, 3.63) is 47.9 Å². The van der Waals surface area contributed by atoms with Gasteiger partial charge in [0, 0.05) is 13.1 Å². The summed E-state index contributed by atoms with van der Waals surface area (Å²) in [6.45, 7) is 5.92. The van der Waals surface area contributed by atoms with E-state index in [-0.39, 0.29) is 6.10 Å². The van der Waals surface area contributed by atoms with Crippen molar-refractivity contribution in [3.8, 4) is 11.5 Å². The number of furan rings is 1. The molecule has 0 saturated heterocycles. The van der Waals surface area contributed by atoms with Gasteiger partial charge in [0.15, 0.2) is 11.5 Å². The van der Waals surface area contributed by atoms with Crippen molar-refractivity contribution in [2.24, 2.45) is 0 Å². The number of methoxy groups -OCH3 is 2. The molecule has 144 valence electrons. The number of aliphatic hydroxyl groups excluding tert-OH is 1. The zero-order valence-electron chi connectivity index (χ0n) is 16.0. The van der Waals surface area contributed by atoms with Crippen LogP contribution in [0.3, 0.4) is 0 Å². The summed E-state index contributed by atoms with van der Waals surface area (Å²) in [4.78, 5) is 2.12. The summed E-state index contributed by atoms with van der Waals surface area (Å²) in [5.74, 6) is 2.23. The molecule has 2 rings (SSSR count). The van der Waals surface area contributed by atoms with Crippen LogP contribution in [0.15, 0.2) is 41.0 Å². The maximum Gasteiger partial charge on any atom is 0.161 e. The highest BCUT2D eigenvalue weighted by molar-refractivity contribution is 5.42. The van der Waals surface area contributed by atoms with Crippen LogP contribution in [-0.2, 0) is 17.8 Å². The molecule has 1 aromatic carbocycles. The van der Waals surface area contributed by atoms with Crippen molar-refractivity contribution in [1.82, 2.24) is 4.90 Å². The van der Waals surface area contributed by atoms with E-state index in [1.807, 2.05) is 44.2 Å².